The molecule has 1 aliphatic carbocycles. The van der Waals surface area contributed by atoms with Crippen molar-refractivity contribution in [3.8, 4) is 5.75 Å². The lowest BCUT2D eigenvalue weighted by Gasteiger charge is -2.42. The molecule has 0 unspecified atom stereocenters. The number of ether oxygens (including phenoxy) is 1. The van der Waals surface area contributed by atoms with Crippen LogP contribution < -0.4 is 15.0 Å². The fourth-order valence-corrected chi connectivity index (χ4v) is 5.06. The standard InChI is InChI=1S/C24H27ClN6O2/c25-17-5-3-16(4-6-17)19(10-26-9-15-1-2-15)24(32)30-7-8-31-18(12-30)13-33-20-11-27-22-21(20)23(31)29-14-28-22/h3-6,11,14-15,18-19,26H,1-2,7-10,12-13H2,(H,27,28,29)/t18-,19+/m0/s1. The zero-order chi connectivity index (χ0) is 22.4. The Morgan fingerprint density at radius 3 is 2.91 bits per heavy atom. The molecule has 1 saturated carbocycles. The number of hydrogen-bond acceptors (Lipinski definition) is 6. The Labute approximate surface area is 197 Å². The van der Waals surface area contributed by atoms with Crippen molar-refractivity contribution in [1.82, 2.24) is 25.2 Å². The molecule has 172 valence electrons. The molecule has 2 fully saturated rings. The van der Waals surface area contributed by atoms with Crippen molar-refractivity contribution < 1.29 is 9.53 Å². The second-order valence-electron chi connectivity index (χ2n) is 9.22. The maximum atomic E-state index is 13.8. The maximum Gasteiger partial charge on any atom is 0.231 e. The molecule has 6 rings (SSSR count). The van der Waals surface area contributed by atoms with E-state index in [0.29, 0.717) is 37.8 Å². The smallest absolute Gasteiger partial charge is 0.231 e. The molecule has 2 aliphatic heterocycles. The first-order valence-electron chi connectivity index (χ1n) is 11.6. The second-order valence-corrected chi connectivity index (χ2v) is 9.66. The Morgan fingerprint density at radius 2 is 2.09 bits per heavy atom. The van der Waals surface area contributed by atoms with Crippen LogP contribution in [0.2, 0.25) is 5.02 Å². The number of benzene rings is 1. The molecule has 8 nitrogen and oxygen atoms in total. The molecule has 1 saturated heterocycles. The third-order valence-corrected chi connectivity index (χ3v) is 7.21. The van der Waals surface area contributed by atoms with Crippen molar-refractivity contribution in [1.29, 1.82) is 0 Å². The van der Waals surface area contributed by atoms with Crippen molar-refractivity contribution in [3.05, 3.63) is 47.4 Å². The first kappa shape index (κ1) is 20.7. The average Bonchev–Trinajstić information content (AvgIpc) is 3.60. The summed E-state index contributed by atoms with van der Waals surface area (Å²) in [5, 5.41) is 5.13. The van der Waals surface area contributed by atoms with Gasteiger partial charge in [0.25, 0.3) is 0 Å². The van der Waals surface area contributed by atoms with Crippen LogP contribution in [0.4, 0.5) is 5.82 Å². The van der Waals surface area contributed by atoms with Crippen LogP contribution in [0.5, 0.6) is 5.75 Å². The van der Waals surface area contributed by atoms with Crippen LogP contribution in [0.3, 0.4) is 0 Å². The van der Waals surface area contributed by atoms with Gasteiger partial charge in [-0.05, 0) is 43.0 Å². The van der Waals surface area contributed by atoms with Crippen LogP contribution >= 0.6 is 11.6 Å². The highest BCUT2D eigenvalue weighted by molar-refractivity contribution is 6.30. The van der Waals surface area contributed by atoms with Gasteiger partial charge < -0.3 is 24.8 Å². The predicted octanol–water partition coefficient (Wildman–Crippen LogP) is 2.80. The van der Waals surface area contributed by atoms with Gasteiger partial charge in [-0.25, -0.2) is 9.97 Å². The normalized spacial score (nSPS) is 20.8. The molecule has 0 radical (unpaired) electrons. The number of amides is 1. The molecule has 2 atom stereocenters. The van der Waals surface area contributed by atoms with E-state index in [-0.39, 0.29) is 17.9 Å². The zero-order valence-corrected chi connectivity index (χ0v) is 19.1. The van der Waals surface area contributed by atoms with Crippen LogP contribution in [0.25, 0.3) is 11.0 Å². The first-order valence-corrected chi connectivity index (χ1v) is 12.0. The number of aromatic nitrogens is 3. The fraction of sp³-hybridized carbons (Fsp3) is 0.458. The molecule has 4 heterocycles. The van der Waals surface area contributed by atoms with Crippen LogP contribution in [0.1, 0.15) is 24.3 Å². The van der Waals surface area contributed by atoms with E-state index in [4.69, 9.17) is 16.3 Å². The number of nitrogens with zero attached hydrogens (tertiary/aromatic N) is 4. The Morgan fingerprint density at radius 1 is 1.24 bits per heavy atom. The van der Waals surface area contributed by atoms with Crippen molar-refractivity contribution >= 4 is 34.4 Å². The number of piperazine rings is 1. The quantitative estimate of drug-likeness (QED) is 0.581. The molecule has 1 amide bonds. The minimum absolute atomic E-state index is 0.0403. The average molecular weight is 467 g/mol. The van der Waals surface area contributed by atoms with Gasteiger partial charge in [0, 0.05) is 37.4 Å². The van der Waals surface area contributed by atoms with Gasteiger partial charge in [-0.2, -0.15) is 0 Å². The third kappa shape index (κ3) is 4.02. The summed E-state index contributed by atoms with van der Waals surface area (Å²) < 4.78 is 6.10. The van der Waals surface area contributed by atoms with Crippen LogP contribution in [0, 0.1) is 5.92 Å². The summed E-state index contributed by atoms with van der Waals surface area (Å²) in [5.74, 6) is 2.33. The van der Waals surface area contributed by atoms with Crippen molar-refractivity contribution in [2.24, 2.45) is 5.92 Å². The number of rotatable bonds is 6. The van der Waals surface area contributed by atoms with E-state index in [2.05, 4.69) is 25.2 Å². The van der Waals surface area contributed by atoms with Gasteiger partial charge in [0.2, 0.25) is 5.91 Å². The number of anilines is 1. The van der Waals surface area contributed by atoms with Gasteiger partial charge in [-0.15, -0.1) is 0 Å². The molecule has 0 spiro atoms. The highest BCUT2D eigenvalue weighted by Crippen LogP contribution is 2.36. The van der Waals surface area contributed by atoms with Gasteiger partial charge in [0.15, 0.2) is 0 Å². The Balaban J connectivity index is 1.21. The van der Waals surface area contributed by atoms with E-state index in [1.807, 2.05) is 35.4 Å². The van der Waals surface area contributed by atoms with Gasteiger partial charge in [0.05, 0.1) is 12.0 Å². The van der Waals surface area contributed by atoms with Crippen LogP contribution in [-0.2, 0) is 4.79 Å². The summed E-state index contributed by atoms with van der Waals surface area (Å²) in [7, 11) is 0. The van der Waals surface area contributed by atoms with E-state index in [1.165, 1.54) is 12.8 Å². The molecule has 1 aromatic carbocycles. The molecule has 9 heteroatoms. The van der Waals surface area contributed by atoms with Gasteiger partial charge >= 0.3 is 0 Å². The molecule has 2 aromatic heterocycles. The fourth-order valence-electron chi connectivity index (χ4n) is 4.93. The Hall–Kier alpha value is -2.84. The van der Waals surface area contributed by atoms with E-state index in [9.17, 15) is 4.79 Å². The van der Waals surface area contributed by atoms with E-state index < -0.39 is 0 Å². The molecule has 3 aromatic rings. The van der Waals surface area contributed by atoms with Gasteiger partial charge in [-0.1, -0.05) is 23.7 Å². The largest absolute Gasteiger partial charge is 0.489 e. The SMILES string of the molecule is O=C([C@H](CNCC1CC1)c1ccc(Cl)cc1)N1CCN2c3ncnc4[nH]cc(c34)OC[C@@H]2C1. The Bertz CT molecular complexity index is 1160. The van der Waals surface area contributed by atoms with Crippen LogP contribution in [0.15, 0.2) is 36.8 Å². The molecular formula is C24H27ClN6O2. The number of aromatic amines is 1. The lowest BCUT2D eigenvalue weighted by molar-refractivity contribution is -0.133. The number of fused-ring (bicyclic) bond motifs is 2. The van der Waals surface area contributed by atoms with E-state index in [1.54, 1.807) is 6.33 Å². The van der Waals surface area contributed by atoms with Crippen molar-refractivity contribution in [3.63, 3.8) is 0 Å². The summed E-state index contributed by atoms with van der Waals surface area (Å²) in [6, 6.07) is 7.71. The van der Waals surface area contributed by atoms with Crippen molar-refractivity contribution in [2.75, 3.05) is 44.2 Å². The highest BCUT2D eigenvalue weighted by Gasteiger charge is 2.37. The number of nitrogens with one attached hydrogen (secondary N) is 2. The number of carbonyl (C=O) groups excluding carboxylic acids is 1. The first-order chi connectivity index (χ1) is 16.2. The minimum Gasteiger partial charge on any atom is -0.489 e. The monoisotopic (exact) mass is 466 g/mol. The molecule has 33 heavy (non-hydrogen) atoms. The van der Waals surface area contributed by atoms with Crippen LogP contribution in [-0.4, -0.2) is 71.1 Å². The summed E-state index contributed by atoms with van der Waals surface area (Å²) in [6.07, 6.45) is 6.00. The molecule has 0 bridgehead atoms. The summed E-state index contributed by atoms with van der Waals surface area (Å²) in [6.45, 7) is 4.07. The van der Waals surface area contributed by atoms with E-state index >= 15 is 0 Å². The molecule has 2 N–H and O–H groups in total. The second kappa shape index (κ2) is 8.50. The van der Waals surface area contributed by atoms with E-state index in [0.717, 1.165) is 40.6 Å². The molecular weight excluding hydrogens is 440 g/mol. The lowest BCUT2D eigenvalue weighted by Crippen LogP contribution is -2.58. The molecule has 3 aliphatic rings. The topological polar surface area (TPSA) is 86.4 Å². The number of hydrogen-bond donors (Lipinski definition) is 2. The number of carbonyl (C=O) groups is 1. The van der Waals surface area contributed by atoms with Gasteiger partial charge in [0.1, 0.15) is 35.5 Å². The summed E-state index contributed by atoms with van der Waals surface area (Å²) in [4.78, 5) is 30.1. The predicted molar refractivity (Wildman–Crippen MR) is 127 cm³/mol. The maximum absolute atomic E-state index is 13.8. The summed E-state index contributed by atoms with van der Waals surface area (Å²) >= 11 is 6.11. The zero-order valence-electron chi connectivity index (χ0n) is 18.3. The lowest BCUT2D eigenvalue weighted by atomic mass is 9.96. The third-order valence-electron chi connectivity index (χ3n) is 6.96. The highest BCUT2D eigenvalue weighted by atomic mass is 35.5. The van der Waals surface area contributed by atoms with Crippen molar-refractivity contribution in [2.45, 2.75) is 24.8 Å². The number of H-pyrrole nitrogens is 1. The van der Waals surface area contributed by atoms with Gasteiger partial charge in [-0.3, -0.25) is 4.79 Å². The Kier molecular flexibility index (Phi) is 5.34. The number of halogens is 1. The summed E-state index contributed by atoms with van der Waals surface area (Å²) in [5.41, 5.74) is 1.78. The minimum atomic E-state index is -0.237.